The maximum Gasteiger partial charge on any atom is 0.410 e. The first-order chi connectivity index (χ1) is 10.1. The second-order valence-corrected chi connectivity index (χ2v) is 5.72. The molecule has 0 bridgehead atoms. The summed E-state index contributed by atoms with van der Waals surface area (Å²) < 4.78 is 5.16. The van der Waals surface area contributed by atoms with Gasteiger partial charge < -0.3 is 14.5 Å². The van der Waals surface area contributed by atoms with Gasteiger partial charge in [0.05, 0.1) is 0 Å². The normalized spacial score (nSPS) is 16.0. The third-order valence-corrected chi connectivity index (χ3v) is 3.72. The lowest BCUT2D eigenvalue weighted by molar-refractivity contribution is 0.110. The van der Waals surface area contributed by atoms with Crippen LogP contribution in [0.15, 0.2) is 35.4 Å². The first-order valence-corrected chi connectivity index (χ1v) is 7.50. The highest BCUT2D eigenvalue weighted by atomic mass is 35.5. The topological polar surface area (TPSA) is 32.8 Å². The van der Waals surface area contributed by atoms with Crippen LogP contribution in [0.1, 0.15) is 12.5 Å². The van der Waals surface area contributed by atoms with E-state index < -0.39 is 0 Å². The van der Waals surface area contributed by atoms with E-state index in [0.717, 1.165) is 13.1 Å². The number of rotatable bonds is 3. The summed E-state index contributed by atoms with van der Waals surface area (Å²) in [5.74, 6) is 0. The number of anilines is 1. The largest absolute Gasteiger partial charge is 0.445 e. The number of aryl methyl sites for hydroxylation is 1. The lowest BCUT2D eigenvalue weighted by atomic mass is 10.1. The molecule has 1 fully saturated rings. The van der Waals surface area contributed by atoms with E-state index in [1.807, 2.05) is 12.1 Å². The van der Waals surface area contributed by atoms with Crippen molar-refractivity contribution in [3.05, 3.63) is 40.9 Å². The maximum atomic E-state index is 11.9. The fourth-order valence-electron chi connectivity index (χ4n) is 2.37. The van der Waals surface area contributed by atoms with Gasteiger partial charge in [0.25, 0.3) is 0 Å². The maximum absolute atomic E-state index is 11.9. The minimum Gasteiger partial charge on any atom is -0.445 e. The summed E-state index contributed by atoms with van der Waals surface area (Å²) in [4.78, 5) is 16.0. The molecule has 1 aliphatic rings. The molecule has 21 heavy (non-hydrogen) atoms. The van der Waals surface area contributed by atoms with E-state index in [9.17, 15) is 4.79 Å². The standard InChI is InChI=1S/C16H21ClN2O2/c1-13-5-3-4-6-15(13)18-8-10-19(11-9-18)16(20)21-12-7-14(2)17/h3-7H,8-12H2,1-2H3. The molecule has 1 aliphatic heterocycles. The molecule has 0 aliphatic carbocycles. The summed E-state index contributed by atoms with van der Waals surface area (Å²) in [5, 5.41) is 0.632. The highest BCUT2D eigenvalue weighted by Gasteiger charge is 2.22. The van der Waals surface area contributed by atoms with Crippen LogP contribution in [0.2, 0.25) is 0 Å². The zero-order valence-corrected chi connectivity index (χ0v) is 13.3. The lowest BCUT2D eigenvalue weighted by Crippen LogP contribution is -2.49. The van der Waals surface area contributed by atoms with E-state index >= 15 is 0 Å². The van der Waals surface area contributed by atoms with Gasteiger partial charge in [-0.25, -0.2) is 4.79 Å². The molecule has 0 saturated carbocycles. The highest BCUT2D eigenvalue weighted by Crippen LogP contribution is 2.20. The van der Waals surface area contributed by atoms with Crippen LogP contribution >= 0.6 is 11.6 Å². The number of allylic oxidation sites excluding steroid dienone is 1. The van der Waals surface area contributed by atoms with Gasteiger partial charge in [-0.2, -0.15) is 0 Å². The SMILES string of the molecule is CC(Cl)=CCOC(=O)N1CCN(c2ccccc2C)CC1. The third-order valence-electron chi connectivity index (χ3n) is 3.57. The van der Waals surface area contributed by atoms with Gasteiger partial charge in [-0.15, -0.1) is 0 Å². The van der Waals surface area contributed by atoms with Gasteiger partial charge in [0.1, 0.15) is 6.61 Å². The van der Waals surface area contributed by atoms with Gasteiger partial charge in [-0.3, -0.25) is 0 Å². The Bertz CT molecular complexity index is 519. The molecule has 0 spiro atoms. The fourth-order valence-corrected chi connectivity index (χ4v) is 2.43. The quantitative estimate of drug-likeness (QED) is 0.858. The van der Waals surface area contributed by atoms with Crippen molar-refractivity contribution in [2.24, 2.45) is 0 Å². The molecule has 2 rings (SSSR count). The monoisotopic (exact) mass is 308 g/mol. The number of piperazine rings is 1. The molecule has 1 aromatic rings. The molecule has 0 radical (unpaired) electrons. The van der Waals surface area contributed by atoms with Gasteiger partial charge >= 0.3 is 6.09 Å². The van der Waals surface area contributed by atoms with E-state index in [4.69, 9.17) is 16.3 Å². The molecule has 4 nitrogen and oxygen atoms in total. The number of carbonyl (C=O) groups is 1. The molecular formula is C16H21ClN2O2. The first-order valence-electron chi connectivity index (χ1n) is 7.12. The zero-order valence-electron chi connectivity index (χ0n) is 12.5. The van der Waals surface area contributed by atoms with Crippen LogP contribution in [0.3, 0.4) is 0 Å². The van der Waals surface area contributed by atoms with Crippen molar-refractivity contribution >= 4 is 23.4 Å². The van der Waals surface area contributed by atoms with Crippen molar-refractivity contribution in [1.82, 2.24) is 4.90 Å². The molecule has 0 atom stereocenters. The average molecular weight is 309 g/mol. The Morgan fingerprint density at radius 2 is 1.95 bits per heavy atom. The Hall–Kier alpha value is -1.68. The van der Waals surface area contributed by atoms with Crippen LogP contribution in [-0.2, 0) is 4.74 Å². The van der Waals surface area contributed by atoms with Crippen molar-refractivity contribution in [3.63, 3.8) is 0 Å². The van der Waals surface area contributed by atoms with Gasteiger partial charge in [0, 0.05) is 36.9 Å². The Labute approximate surface area is 130 Å². The lowest BCUT2D eigenvalue weighted by Gasteiger charge is -2.36. The van der Waals surface area contributed by atoms with Gasteiger partial charge in [0.2, 0.25) is 0 Å². The number of amides is 1. The van der Waals surface area contributed by atoms with Crippen molar-refractivity contribution in [2.75, 3.05) is 37.7 Å². The van der Waals surface area contributed by atoms with Crippen LogP contribution in [0.4, 0.5) is 10.5 Å². The minimum atomic E-state index is -0.270. The summed E-state index contributed by atoms with van der Waals surface area (Å²) in [5.41, 5.74) is 2.50. The molecule has 0 unspecified atom stereocenters. The van der Waals surface area contributed by atoms with Gasteiger partial charge in [-0.1, -0.05) is 29.8 Å². The number of ether oxygens (including phenoxy) is 1. The van der Waals surface area contributed by atoms with Crippen LogP contribution < -0.4 is 4.90 Å². The van der Waals surface area contributed by atoms with E-state index in [2.05, 4.69) is 24.0 Å². The van der Waals surface area contributed by atoms with Crippen LogP contribution in [0.5, 0.6) is 0 Å². The second-order valence-electron chi connectivity index (χ2n) is 5.13. The Kier molecular flexibility index (Phi) is 5.51. The molecule has 0 N–H and O–H groups in total. The van der Waals surface area contributed by atoms with Crippen molar-refractivity contribution in [2.45, 2.75) is 13.8 Å². The molecule has 5 heteroatoms. The van der Waals surface area contributed by atoms with Gasteiger partial charge in [-0.05, 0) is 31.6 Å². The number of halogens is 1. The molecule has 114 valence electrons. The summed E-state index contributed by atoms with van der Waals surface area (Å²) in [6.07, 6.45) is 1.41. The van der Waals surface area contributed by atoms with E-state index in [1.54, 1.807) is 17.9 Å². The Balaban J connectivity index is 1.84. The van der Waals surface area contributed by atoms with E-state index in [0.29, 0.717) is 18.1 Å². The van der Waals surface area contributed by atoms with Gasteiger partial charge in [0.15, 0.2) is 0 Å². The van der Waals surface area contributed by atoms with Crippen LogP contribution in [0, 0.1) is 6.92 Å². The smallest absolute Gasteiger partial charge is 0.410 e. The number of hydrogen-bond acceptors (Lipinski definition) is 3. The van der Waals surface area contributed by atoms with Crippen molar-refractivity contribution in [1.29, 1.82) is 0 Å². The molecule has 1 aromatic carbocycles. The Morgan fingerprint density at radius 1 is 1.29 bits per heavy atom. The molecule has 1 amide bonds. The predicted octanol–water partition coefficient (Wildman–Crippen LogP) is 3.40. The van der Waals surface area contributed by atoms with Crippen molar-refractivity contribution < 1.29 is 9.53 Å². The first kappa shape index (κ1) is 15.7. The summed E-state index contributed by atoms with van der Waals surface area (Å²) >= 11 is 5.70. The number of carbonyl (C=O) groups excluding carboxylic acids is 1. The zero-order chi connectivity index (χ0) is 15.2. The number of nitrogens with zero attached hydrogens (tertiary/aromatic N) is 2. The summed E-state index contributed by atoms with van der Waals surface area (Å²) in [7, 11) is 0. The number of para-hydroxylation sites is 1. The number of hydrogen-bond donors (Lipinski definition) is 0. The summed E-state index contributed by atoms with van der Waals surface area (Å²) in [6, 6.07) is 8.32. The molecule has 1 heterocycles. The third kappa shape index (κ3) is 4.39. The summed E-state index contributed by atoms with van der Waals surface area (Å²) in [6.45, 7) is 7.10. The fraction of sp³-hybridized carbons (Fsp3) is 0.438. The highest BCUT2D eigenvalue weighted by molar-refractivity contribution is 6.29. The molecular weight excluding hydrogens is 288 g/mol. The minimum absolute atomic E-state index is 0.228. The van der Waals surface area contributed by atoms with E-state index in [1.165, 1.54) is 11.3 Å². The van der Waals surface area contributed by atoms with E-state index in [-0.39, 0.29) is 12.7 Å². The molecule has 1 saturated heterocycles. The van der Waals surface area contributed by atoms with Crippen LogP contribution in [-0.4, -0.2) is 43.8 Å². The second kappa shape index (κ2) is 7.36. The van der Waals surface area contributed by atoms with Crippen LogP contribution in [0.25, 0.3) is 0 Å². The van der Waals surface area contributed by atoms with Crippen molar-refractivity contribution in [3.8, 4) is 0 Å². The predicted molar refractivity (Wildman–Crippen MR) is 85.9 cm³/mol. The average Bonchev–Trinajstić information content (AvgIpc) is 2.47. The number of benzene rings is 1. The molecule has 0 aromatic heterocycles. The Morgan fingerprint density at radius 3 is 2.57 bits per heavy atom.